The summed E-state index contributed by atoms with van der Waals surface area (Å²) in [6.45, 7) is 1.70. The van der Waals surface area contributed by atoms with Gasteiger partial charge in [-0.1, -0.05) is 0 Å². The largest absolute Gasteiger partial charge is 0.434 e. The van der Waals surface area contributed by atoms with Crippen molar-refractivity contribution >= 4 is 5.65 Å². The standard InChI is InChI=1S/C8H6F3N3/c1-5-2-3-7-12-6(8(9,10)11)4-14(7)13-5/h2-4H,1H3. The van der Waals surface area contributed by atoms with E-state index in [1.807, 2.05) is 0 Å². The molecule has 0 fully saturated rings. The number of imidazole rings is 1. The molecule has 2 aromatic heterocycles. The third-order valence-corrected chi connectivity index (χ3v) is 1.74. The van der Waals surface area contributed by atoms with Crippen molar-refractivity contribution in [2.75, 3.05) is 0 Å². The maximum Gasteiger partial charge on any atom is 0.434 e. The van der Waals surface area contributed by atoms with Crippen LogP contribution in [0.3, 0.4) is 0 Å². The average molecular weight is 201 g/mol. The number of aromatic nitrogens is 3. The summed E-state index contributed by atoms with van der Waals surface area (Å²) in [7, 11) is 0. The van der Waals surface area contributed by atoms with E-state index < -0.39 is 11.9 Å². The Kier molecular flexibility index (Phi) is 1.73. The lowest BCUT2D eigenvalue weighted by molar-refractivity contribution is -0.140. The lowest BCUT2D eigenvalue weighted by Gasteiger charge is -1.98. The summed E-state index contributed by atoms with van der Waals surface area (Å²) in [5.41, 5.74) is -0.0813. The minimum atomic E-state index is -4.42. The van der Waals surface area contributed by atoms with Gasteiger partial charge >= 0.3 is 6.18 Å². The van der Waals surface area contributed by atoms with Gasteiger partial charge in [0.25, 0.3) is 0 Å². The molecule has 0 atom stereocenters. The summed E-state index contributed by atoms with van der Waals surface area (Å²) in [5.74, 6) is 0. The van der Waals surface area contributed by atoms with Gasteiger partial charge in [0, 0.05) is 0 Å². The number of rotatable bonds is 0. The Morgan fingerprint density at radius 3 is 2.64 bits per heavy atom. The Labute approximate surface area is 77.2 Å². The average Bonchev–Trinajstić information content (AvgIpc) is 2.45. The predicted molar refractivity (Wildman–Crippen MR) is 42.7 cm³/mol. The predicted octanol–water partition coefficient (Wildman–Crippen LogP) is 2.06. The van der Waals surface area contributed by atoms with Crippen LogP contribution in [0.1, 0.15) is 11.4 Å². The van der Waals surface area contributed by atoms with Gasteiger partial charge in [-0.2, -0.15) is 18.3 Å². The molecule has 2 rings (SSSR count). The Balaban J connectivity index is 2.63. The van der Waals surface area contributed by atoms with Crippen molar-refractivity contribution in [2.45, 2.75) is 13.1 Å². The van der Waals surface area contributed by atoms with Crippen molar-refractivity contribution < 1.29 is 13.2 Å². The molecule has 74 valence electrons. The number of alkyl halides is 3. The van der Waals surface area contributed by atoms with Gasteiger partial charge in [0.15, 0.2) is 11.3 Å². The Morgan fingerprint density at radius 2 is 2.00 bits per heavy atom. The summed E-state index contributed by atoms with van der Waals surface area (Å²) in [6, 6.07) is 3.11. The second-order valence-electron chi connectivity index (χ2n) is 2.90. The molecule has 0 amide bonds. The van der Waals surface area contributed by atoms with Crippen molar-refractivity contribution in [1.29, 1.82) is 0 Å². The van der Waals surface area contributed by atoms with E-state index in [9.17, 15) is 13.2 Å². The van der Waals surface area contributed by atoms with Crippen LogP contribution in [0.5, 0.6) is 0 Å². The molecule has 0 aliphatic rings. The van der Waals surface area contributed by atoms with E-state index in [0.29, 0.717) is 5.69 Å². The van der Waals surface area contributed by atoms with Crippen LogP contribution in [-0.2, 0) is 6.18 Å². The zero-order valence-corrected chi connectivity index (χ0v) is 7.21. The maximum atomic E-state index is 12.2. The van der Waals surface area contributed by atoms with Crippen LogP contribution in [0, 0.1) is 6.92 Å². The highest BCUT2D eigenvalue weighted by Gasteiger charge is 2.34. The molecule has 0 aliphatic carbocycles. The van der Waals surface area contributed by atoms with Gasteiger partial charge in [-0.05, 0) is 19.1 Å². The fourth-order valence-electron chi connectivity index (χ4n) is 1.11. The molecular weight excluding hydrogens is 195 g/mol. The number of hydrogen-bond donors (Lipinski definition) is 0. The van der Waals surface area contributed by atoms with E-state index in [1.54, 1.807) is 13.0 Å². The molecule has 3 nitrogen and oxygen atoms in total. The molecule has 0 spiro atoms. The smallest absolute Gasteiger partial charge is 0.223 e. The number of aryl methyl sites for hydroxylation is 1. The quantitative estimate of drug-likeness (QED) is 0.653. The fraction of sp³-hybridized carbons (Fsp3) is 0.250. The normalized spacial score (nSPS) is 12.3. The van der Waals surface area contributed by atoms with Crippen LogP contribution >= 0.6 is 0 Å². The molecule has 0 saturated carbocycles. The van der Waals surface area contributed by atoms with Gasteiger partial charge in [0.2, 0.25) is 0 Å². The van der Waals surface area contributed by atoms with Crippen molar-refractivity contribution in [3.8, 4) is 0 Å². The first kappa shape index (κ1) is 8.98. The molecule has 0 bridgehead atoms. The Hall–Kier alpha value is -1.59. The van der Waals surface area contributed by atoms with Crippen LogP contribution in [0.2, 0.25) is 0 Å². The van der Waals surface area contributed by atoms with Crippen LogP contribution < -0.4 is 0 Å². The Bertz CT molecular complexity index is 472. The third-order valence-electron chi connectivity index (χ3n) is 1.74. The van der Waals surface area contributed by atoms with Crippen LogP contribution in [0.15, 0.2) is 18.3 Å². The topological polar surface area (TPSA) is 30.2 Å². The first-order valence-corrected chi connectivity index (χ1v) is 3.87. The zero-order chi connectivity index (χ0) is 10.3. The molecule has 0 saturated heterocycles. The van der Waals surface area contributed by atoms with E-state index in [1.165, 1.54) is 6.07 Å². The molecule has 14 heavy (non-hydrogen) atoms. The van der Waals surface area contributed by atoms with Crippen LogP contribution in [0.4, 0.5) is 13.2 Å². The van der Waals surface area contributed by atoms with Gasteiger partial charge in [0.1, 0.15) is 0 Å². The van der Waals surface area contributed by atoms with E-state index >= 15 is 0 Å². The van der Waals surface area contributed by atoms with Gasteiger partial charge in [-0.3, -0.25) is 0 Å². The molecule has 2 heterocycles. The highest BCUT2D eigenvalue weighted by Crippen LogP contribution is 2.27. The number of halogens is 3. The van der Waals surface area contributed by atoms with E-state index in [2.05, 4.69) is 10.1 Å². The number of fused-ring (bicyclic) bond motifs is 1. The second kappa shape index (κ2) is 2.70. The summed E-state index contributed by atoms with van der Waals surface area (Å²) >= 11 is 0. The highest BCUT2D eigenvalue weighted by molar-refractivity contribution is 5.38. The SMILES string of the molecule is Cc1ccc2nc(C(F)(F)F)cn2n1. The highest BCUT2D eigenvalue weighted by atomic mass is 19.4. The van der Waals surface area contributed by atoms with Gasteiger partial charge in [-0.15, -0.1) is 0 Å². The molecule has 2 aromatic rings. The summed E-state index contributed by atoms with van der Waals surface area (Å²) in [5, 5.41) is 3.86. The lowest BCUT2D eigenvalue weighted by atomic mass is 10.4. The molecular formula is C8H6F3N3. The monoisotopic (exact) mass is 201 g/mol. The maximum absolute atomic E-state index is 12.2. The fourth-order valence-corrected chi connectivity index (χ4v) is 1.11. The van der Waals surface area contributed by atoms with Crippen molar-refractivity contribution in [1.82, 2.24) is 14.6 Å². The van der Waals surface area contributed by atoms with E-state index in [0.717, 1.165) is 10.7 Å². The molecule has 0 unspecified atom stereocenters. The van der Waals surface area contributed by atoms with Gasteiger partial charge in [-0.25, -0.2) is 9.50 Å². The molecule has 0 radical (unpaired) electrons. The number of hydrogen-bond acceptors (Lipinski definition) is 2. The van der Waals surface area contributed by atoms with Crippen molar-refractivity contribution in [3.63, 3.8) is 0 Å². The lowest BCUT2D eigenvalue weighted by Crippen LogP contribution is -2.04. The second-order valence-corrected chi connectivity index (χ2v) is 2.90. The Morgan fingerprint density at radius 1 is 1.29 bits per heavy atom. The minimum Gasteiger partial charge on any atom is -0.223 e. The third kappa shape index (κ3) is 1.43. The first-order valence-electron chi connectivity index (χ1n) is 3.87. The van der Waals surface area contributed by atoms with Crippen LogP contribution in [0.25, 0.3) is 5.65 Å². The zero-order valence-electron chi connectivity index (χ0n) is 7.21. The molecule has 6 heteroatoms. The minimum absolute atomic E-state index is 0.197. The van der Waals surface area contributed by atoms with Crippen molar-refractivity contribution in [3.05, 3.63) is 29.7 Å². The van der Waals surface area contributed by atoms with Gasteiger partial charge in [0.05, 0.1) is 11.9 Å². The van der Waals surface area contributed by atoms with Crippen molar-refractivity contribution in [2.24, 2.45) is 0 Å². The summed E-state index contributed by atoms with van der Waals surface area (Å²) < 4.78 is 37.8. The molecule has 0 aliphatic heterocycles. The molecule has 0 N–H and O–H groups in total. The van der Waals surface area contributed by atoms with E-state index in [-0.39, 0.29) is 5.65 Å². The molecule has 0 aromatic carbocycles. The number of nitrogens with zero attached hydrogens (tertiary/aromatic N) is 3. The van der Waals surface area contributed by atoms with Crippen LogP contribution in [-0.4, -0.2) is 14.6 Å². The van der Waals surface area contributed by atoms with Gasteiger partial charge < -0.3 is 0 Å². The summed E-state index contributed by atoms with van der Waals surface area (Å²) in [6.07, 6.45) is -3.54. The van der Waals surface area contributed by atoms with E-state index in [4.69, 9.17) is 0 Å². The first-order chi connectivity index (χ1) is 6.47. The summed E-state index contributed by atoms with van der Waals surface area (Å²) in [4.78, 5) is 3.40.